The van der Waals surface area contributed by atoms with Crippen LogP contribution in [0.3, 0.4) is 0 Å². The fraction of sp³-hybridized carbons (Fsp3) is 0.250. The van der Waals surface area contributed by atoms with Crippen molar-refractivity contribution in [3.05, 3.63) is 65.6 Å². The molecule has 0 fully saturated rings. The molecule has 0 spiro atoms. The van der Waals surface area contributed by atoms with Gasteiger partial charge in [0.05, 0.1) is 0 Å². The average Bonchev–Trinajstić information content (AvgIpc) is 2.43. The van der Waals surface area contributed by atoms with Crippen molar-refractivity contribution in [2.75, 3.05) is 13.6 Å². The maximum Gasteiger partial charge on any atom is 0.122 e. The Morgan fingerprint density at radius 3 is 2.53 bits per heavy atom. The van der Waals surface area contributed by atoms with Crippen molar-refractivity contribution < 1.29 is 0 Å². The van der Waals surface area contributed by atoms with Gasteiger partial charge in [-0.2, -0.15) is 0 Å². The fourth-order valence-corrected chi connectivity index (χ4v) is 2.59. The third kappa shape index (κ3) is 2.71. The monoisotopic (exact) mass is 272 g/mol. The van der Waals surface area contributed by atoms with Gasteiger partial charge in [-0.3, -0.25) is 4.31 Å². The molecule has 0 unspecified atom stereocenters. The molecule has 1 aromatic rings. The van der Waals surface area contributed by atoms with Gasteiger partial charge in [0, 0.05) is 19.3 Å². The lowest BCUT2D eigenvalue weighted by Crippen LogP contribution is -2.32. The molecule has 0 atom stereocenters. The standard InChI is InChI=1S/C16H20N2S/c1-12-10-11-17(4)16(18(12)19)14(3)13(2)15-8-6-5-7-9-15/h5-10,19H,2,11H2,1,3-4H3/b16-14+. The van der Waals surface area contributed by atoms with Gasteiger partial charge < -0.3 is 4.90 Å². The molecule has 0 N–H and O–H groups in total. The van der Waals surface area contributed by atoms with Crippen molar-refractivity contribution in [1.29, 1.82) is 0 Å². The predicted octanol–water partition coefficient (Wildman–Crippen LogP) is 3.93. The summed E-state index contributed by atoms with van der Waals surface area (Å²) in [6.07, 6.45) is 2.16. The first-order chi connectivity index (χ1) is 9.02. The van der Waals surface area contributed by atoms with Crippen LogP contribution < -0.4 is 0 Å². The molecule has 0 amide bonds. The zero-order valence-electron chi connectivity index (χ0n) is 11.7. The summed E-state index contributed by atoms with van der Waals surface area (Å²) < 4.78 is 1.92. The summed E-state index contributed by atoms with van der Waals surface area (Å²) in [5.74, 6) is 1.09. The predicted molar refractivity (Wildman–Crippen MR) is 85.4 cm³/mol. The van der Waals surface area contributed by atoms with Crippen LogP contribution in [0.15, 0.2) is 60.1 Å². The average molecular weight is 272 g/mol. The van der Waals surface area contributed by atoms with E-state index in [-0.39, 0.29) is 0 Å². The second-order valence-electron chi connectivity index (χ2n) is 4.83. The first kappa shape index (κ1) is 13.8. The number of hydrogen-bond donors (Lipinski definition) is 1. The van der Waals surface area contributed by atoms with Crippen LogP contribution in [0.1, 0.15) is 19.4 Å². The van der Waals surface area contributed by atoms with E-state index in [0.29, 0.717) is 0 Å². The molecule has 1 aliphatic heterocycles. The molecule has 0 aliphatic carbocycles. The largest absolute Gasteiger partial charge is 0.356 e. The van der Waals surface area contributed by atoms with Crippen molar-refractivity contribution in [2.45, 2.75) is 13.8 Å². The Morgan fingerprint density at radius 1 is 1.26 bits per heavy atom. The molecule has 1 aliphatic rings. The third-order valence-corrected chi connectivity index (χ3v) is 3.97. The molecule has 2 nitrogen and oxygen atoms in total. The van der Waals surface area contributed by atoms with E-state index in [9.17, 15) is 0 Å². The van der Waals surface area contributed by atoms with E-state index in [1.165, 1.54) is 0 Å². The van der Waals surface area contributed by atoms with Crippen molar-refractivity contribution in [1.82, 2.24) is 9.21 Å². The van der Waals surface area contributed by atoms with Crippen LogP contribution in [-0.2, 0) is 0 Å². The maximum atomic E-state index is 4.58. The minimum atomic E-state index is 0.900. The summed E-state index contributed by atoms with van der Waals surface area (Å²) in [5, 5.41) is 0. The lowest BCUT2D eigenvalue weighted by Gasteiger charge is -2.36. The molecule has 2 rings (SSSR count). The summed E-state index contributed by atoms with van der Waals surface area (Å²) >= 11 is 4.58. The molecular formula is C16H20N2S. The molecule has 1 aromatic carbocycles. The Hall–Kier alpha value is -1.61. The summed E-state index contributed by atoms with van der Waals surface area (Å²) in [6.45, 7) is 9.30. The topological polar surface area (TPSA) is 6.48 Å². The van der Waals surface area contributed by atoms with E-state index < -0.39 is 0 Å². The molecule has 3 heteroatoms. The van der Waals surface area contributed by atoms with E-state index >= 15 is 0 Å². The van der Waals surface area contributed by atoms with Crippen molar-refractivity contribution in [2.24, 2.45) is 0 Å². The first-order valence-corrected chi connectivity index (χ1v) is 6.75. The number of thiol groups is 1. The maximum absolute atomic E-state index is 4.58. The van der Waals surface area contributed by atoms with Gasteiger partial charge >= 0.3 is 0 Å². The Bertz CT molecular complexity index is 543. The number of hydrogen-bond acceptors (Lipinski definition) is 3. The highest BCUT2D eigenvalue weighted by atomic mass is 32.1. The lowest BCUT2D eigenvalue weighted by atomic mass is 10.00. The van der Waals surface area contributed by atoms with Crippen LogP contribution in [0.25, 0.3) is 5.57 Å². The van der Waals surface area contributed by atoms with Crippen molar-refractivity contribution in [3.8, 4) is 0 Å². The highest BCUT2D eigenvalue weighted by molar-refractivity contribution is 7.78. The Labute approximate surface area is 121 Å². The Morgan fingerprint density at radius 2 is 1.89 bits per heavy atom. The third-order valence-electron chi connectivity index (χ3n) is 3.47. The van der Waals surface area contributed by atoms with Gasteiger partial charge in [0.2, 0.25) is 0 Å². The summed E-state index contributed by atoms with van der Waals surface area (Å²) in [5.41, 5.74) is 4.49. The van der Waals surface area contributed by atoms with Gasteiger partial charge in [-0.25, -0.2) is 0 Å². The Balaban J connectivity index is 2.41. The summed E-state index contributed by atoms with van der Waals surface area (Å²) in [4.78, 5) is 2.18. The van der Waals surface area contributed by atoms with E-state index in [0.717, 1.165) is 34.8 Å². The van der Waals surface area contributed by atoms with Crippen LogP contribution in [0.5, 0.6) is 0 Å². The molecule has 0 aromatic heterocycles. The number of benzene rings is 1. The van der Waals surface area contributed by atoms with Crippen LogP contribution in [0, 0.1) is 0 Å². The second-order valence-corrected chi connectivity index (χ2v) is 5.23. The minimum Gasteiger partial charge on any atom is -0.356 e. The number of rotatable bonds is 2. The minimum absolute atomic E-state index is 0.900. The molecular weight excluding hydrogens is 252 g/mol. The lowest BCUT2D eigenvalue weighted by molar-refractivity contribution is 0.357. The van der Waals surface area contributed by atoms with Crippen molar-refractivity contribution >= 4 is 18.4 Å². The van der Waals surface area contributed by atoms with Gasteiger partial charge in [-0.05, 0) is 36.6 Å². The number of allylic oxidation sites excluding steroid dienone is 3. The van der Waals surface area contributed by atoms with Crippen LogP contribution in [-0.4, -0.2) is 22.8 Å². The zero-order chi connectivity index (χ0) is 14.0. The summed E-state index contributed by atoms with van der Waals surface area (Å²) in [7, 11) is 2.07. The molecule has 0 saturated carbocycles. The van der Waals surface area contributed by atoms with Gasteiger partial charge in [0.1, 0.15) is 5.82 Å². The van der Waals surface area contributed by atoms with E-state index in [2.05, 4.69) is 63.4 Å². The second kappa shape index (κ2) is 5.57. The summed E-state index contributed by atoms with van der Waals surface area (Å²) in [6, 6.07) is 10.3. The molecule has 0 saturated heterocycles. The van der Waals surface area contributed by atoms with E-state index in [4.69, 9.17) is 0 Å². The molecule has 0 radical (unpaired) electrons. The number of likely N-dealkylation sites (N-methyl/N-ethyl adjacent to an activating group) is 1. The number of nitrogens with zero attached hydrogens (tertiary/aromatic N) is 2. The van der Waals surface area contributed by atoms with Crippen LogP contribution >= 0.6 is 12.8 Å². The van der Waals surface area contributed by atoms with Crippen molar-refractivity contribution in [3.63, 3.8) is 0 Å². The zero-order valence-corrected chi connectivity index (χ0v) is 12.6. The quantitative estimate of drug-likeness (QED) is 0.815. The highest BCUT2D eigenvalue weighted by Crippen LogP contribution is 2.31. The van der Waals surface area contributed by atoms with Gasteiger partial charge in [-0.15, -0.1) is 0 Å². The molecule has 19 heavy (non-hydrogen) atoms. The van der Waals surface area contributed by atoms with Gasteiger partial charge in [0.15, 0.2) is 0 Å². The molecule has 100 valence electrons. The van der Waals surface area contributed by atoms with E-state index in [1.54, 1.807) is 0 Å². The van der Waals surface area contributed by atoms with Gasteiger partial charge in [-0.1, -0.05) is 49.7 Å². The smallest absolute Gasteiger partial charge is 0.122 e. The van der Waals surface area contributed by atoms with E-state index in [1.807, 2.05) is 22.5 Å². The normalized spacial score (nSPS) is 18.2. The Kier molecular flexibility index (Phi) is 4.05. The van der Waals surface area contributed by atoms with Gasteiger partial charge in [0.25, 0.3) is 0 Å². The molecule has 1 heterocycles. The fourth-order valence-electron chi connectivity index (χ4n) is 2.21. The first-order valence-electron chi connectivity index (χ1n) is 6.35. The molecule has 0 bridgehead atoms. The SMILES string of the molecule is C=C(/C(C)=C1\N(C)CC=C(C)N1S)c1ccccc1. The van der Waals surface area contributed by atoms with Crippen LogP contribution in [0.4, 0.5) is 0 Å². The van der Waals surface area contributed by atoms with Crippen LogP contribution in [0.2, 0.25) is 0 Å². The highest BCUT2D eigenvalue weighted by Gasteiger charge is 2.20.